The van der Waals surface area contributed by atoms with Gasteiger partial charge in [-0.2, -0.15) is 5.10 Å². The van der Waals surface area contributed by atoms with E-state index in [-0.39, 0.29) is 5.92 Å². The molecule has 5 nitrogen and oxygen atoms in total. The predicted molar refractivity (Wildman–Crippen MR) is 108 cm³/mol. The van der Waals surface area contributed by atoms with Crippen LogP contribution in [0.25, 0.3) is 10.9 Å². The van der Waals surface area contributed by atoms with E-state index in [0.29, 0.717) is 5.92 Å². The topological polar surface area (TPSA) is 54.2 Å². The van der Waals surface area contributed by atoms with Gasteiger partial charge in [0.15, 0.2) is 0 Å². The van der Waals surface area contributed by atoms with Gasteiger partial charge in [-0.1, -0.05) is 30.3 Å². The highest BCUT2D eigenvalue weighted by Crippen LogP contribution is 2.47. The molecule has 2 unspecified atom stereocenters. The van der Waals surface area contributed by atoms with Gasteiger partial charge in [0.25, 0.3) is 0 Å². The Kier molecular flexibility index (Phi) is 3.81. The Morgan fingerprint density at radius 2 is 1.86 bits per heavy atom. The van der Waals surface area contributed by atoms with Crippen LogP contribution < -0.4 is 0 Å². The third kappa shape index (κ3) is 2.53. The summed E-state index contributed by atoms with van der Waals surface area (Å²) in [6.07, 6.45) is 6.80. The summed E-state index contributed by atoms with van der Waals surface area (Å²) in [5, 5.41) is 17.5. The van der Waals surface area contributed by atoms with Crippen LogP contribution in [0.4, 0.5) is 0 Å². The molecule has 5 heteroatoms. The Hall–Kier alpha value is -2.24. The van der Waals surface area contributed by atoms with Crippen LogP contribution in [0.3, 0.4) is 0 Å². The zero-order chi connectivity index (χ0) is 18.7. The summed E-state index contributed by atoms with van der Waals surface area (Å²) in [6.45, 7) is 4.34. The Morgan fingerprint density at radius 3 is 2.61 bits per heavy atom. The van der Waals surface area contributed by atoms with Gasteiger partial charge >= 0.3 is 0 Å². The molecule has 3 fully saturated rings. The fourth-order valence-corrected chi connectivity index (χ4v) is 5.92. The number of fused-ring (bicyclic) bond motifs is 3. The molecule has 3 aliphatic heterocycles. The Bertz CT molecular complexity index is 1010. The molecule has 0 saturated carbocycles. The Morgan fingerprint density at radius 1 is 1.04 bits per heavy atom. The van der Waals surface area contributed by atoms with Gasteiger partial charge < -0.3 is 10.0 Å². The first-order valence-electron chi connectivity index (χ1n) is 10.6. The zero-order valence-corrected chi connectivity index (χ0v) is 16.0. The second-order valence-electron chi connectivity index (χ2n) is 8.83. The number of hydrogen-bond acceptors (Lipinski definition) is 4. The highest BCUT2D eigenvalue weighted by molar-refractivity contribution is 5.86. The summed E-state index contributed by atoms with van der Waals surface area (Å²) >= 11 is 0. The van der Waals surface area contributed by atoms with E-state index in [4.69, 9.17) is 5.10 Å². The SMILES string of the molecule is OC1c2cncc3c2c(nn3Cc2ccccc2)C[C@@H]1C1CN2CCC1CC2. The average Bonchev–Trinajstić information content (AvgIpc) is 3.10. The fraction of sp³-hybridized carbons (Fsp3) is 0.478. The molecular formula is C23H26N4O. The van der Waals surface area contributed by atoms with Crippen molar-refractivity contribution in [2.45, 2.75) is 31.9 Å². The number of hydrogen-bond donors (Lipinski definition) is 1. The number of benzene rings is 1. The van der Waals surface area contributed by atoms with Crippen LogP contribution in [0.5, 0.6) is 0 Å². The van der Waals surface area contributed by atoms with E-state index in [0.717, 1.165) is 47.6 Å². The lowest BCUT2D eigenvalue weighted by molar-refractivity contribution is -0.0285. The highest BCUT2D eigenvalue weighted by Gasteiger charge is 2.44. The molecule has 2 bridgehead atoms. The number of aromatic nitrogens is 3. The van der Waals surface area contributed by atoms with E-state index < -0.39 is 6.10 Å². The van der Waals surface area contributed by atoms with Crippen LogP contribution in [0, 0.1) is 17.8 Å². The van der Waals surface area contributed by atoms with Gasteiger partial charge in [0.05, 0.1) is 30.1 Å². The number of nitrogens with zero attached hydrogens (tertiary/aromatic N) is 4. The molecule has 2 aromatic heterocycles. The summed E-state index contributed by atoms with van der Waals surface area (Å²) in [5.74, 6) is 1.58. The van der Waals surface area contributed by atoms with E-state index in [1.54, 1.807) is 0 Å². The van der Waals surface area contributed by atoms with Crippen molar-refractivity contribution in [2.75, 3.05) is 19.6 Å². The van der Waals surface area contributed by atoms with Crippen molar-refractivity contribution in [2.24, 2.45) is 17.8 Å². The molecule has 3 aromatic rings. The number of aliphatic hydroxyl groups excluding tert-OH is 1. The number of piperidine rings is 3. The third-order valence-electron chi connectivity index (χ3n) is 7.35. The molecule has 3 saturated heterocycles. The molecule has 1 aromatic carbocycles. The molecule has 3 atom stereocenters. The van der Waals surface area contributed by atoms with Gasteiger partial charge in [-0.05, 0) is 55.7 Å². The molecular weight excluding hydrogens is 348 g/mol. The van der Waals surface area contributed by atoms with Gasteiger partial charge in [0.1, 0.15) is 0 Å². The normalized spacial score (nSPS) is 31.4. The summed E-state index contributed by atoms with van der Waals surface area (Å²) < 4.78 is 2.07. The van der Waals surface area contributed by atoms with Crippen molar-refractivity contribution in [3.8, 4) is 0 Å². The van der Waals surface area contributed by atoms with Gasteiger partial charge in [-0.25, -0.2) is 0 Å². The first-order chi connectivity index (χ1) is 13.8. The largest absolute Gasteiger partial charge is 0.388 e. The van der Waals surface area contributed by atoms with E-state index in [1.165, 1.54) is 31.5 Å². The summed E-state index contributed by atoms with van der Waals surface area (Å²) in [7, 11) is 0. The minimum absolute atomic E-state index is 0.257. The smallest absolute Gasteiger partial charge is 0.0876 e. The van der Waals surface area contributed by atoms with Gasteiger partial charge in [0.2, 0.25) is 0 Å². The average molecular weight is 374 g/mol. The van der Waals surface area contributed by atoms with Gasteiger partial charge in [-0.3, -0.25) is 9.67 Å². The van der Waals surface area contributed by atoms with Crippen LogP contribution in [0.15, 0.2) is 42.7 Å². The first-order valence-corrected chi connectivity index (χ1v) is 10.6. The van der Waals surface area contributed by atoms with Crippen LogP contribution in [0.1, 0.15) is 35.8 Å². The second kappa shape index (κ2) is 6.39. The lowest BCUT2D eigenvalue weighted by Gasteiger charge is -2.49. The van der Waals surface area contributed by atoms with Crippen LogP contribution in [0.2, 0.25) is 0 Å². The standard InChI is InChI=1S/C23H26N4O/c28-23-17(19-14-26-8-6-16(19)7-9-26)10-20-22-18(23)11-24-12-21(22)27(25-20)13-15-4-2-1-3-5-15/h1-5,11-12,16-17,19,23,28H,6-10,13-14H2/t17-,19?,23?/m1/s1. The van der Waals surface area contributed by atoms with Crippen LogP contribution in [-0.4, -0.2) is 44.4 Å². The summed E-state index contributed by atoms with van der Waals surface area (Å²) in [6, 6.07) is 10.4. The van der Waals surface area contributed by atoms with E-state index in [9.17, 15) is 5.11 Å². The molecule has 0 radical (unpaired) electrons. The maximum atomic E-state index is 11.3. The Balaban J connectivity index is 1.39. The monoisotopic (exact) mass is 374 g/mol. The first kappa shape index (κ1) is 16.7. The summed E-state index contributed by atoms with van der Waals surface area (Å²) in [4.78, 5) is 7.06. The quantitative estimate of drug-likeness (QED) is 0.766. The predicted octanol–water partition coefficient (Wildman–Crippen LogP) is 3.03. The minimum Gasteiger partial charge on any atom is -0.388 e. The van der Waals surface area contributed by atoms with Crippen molar-refractivity contribution in [3.05, 3.63) is 59.5 Å². The van der Waals surface area contributed by atoms with Gasteiger partial charge in [-0.15, -0.1) is 0 Å². The molecule has 1 N–H and O–H groups in total. The van der Waals surface area contributed by atoms with Crippen molar-refractivity contribution >= 4 is 10.9 Å². The second-order valence-corrected chi connectivity index (χ2v) is 8.83. The fourth-order valence-electron chi connectivity index (χ4n) is 5.92. The van der Waals surface area contributed by atoms with Crippen LogP contribution >= 0.6 is 0 Å². The van der Waals surface area contributed by atoms with Crippen molar-refractivity contribution in [3.63, 3.8) is 0 Å². The molecule has 4 aliphatic rings. The third-order valence-corrected chi connectivity index (χ3v) is 7.35. The van der Waals surface area contributed by atoms with Gasteiger partial charge in [0, 0.05) is 23.7 Å². The molecule has 144 valence electrons. The van der Waals surface area contributed by atoms with Crippen molar-refractivity contribution < 1.29 is 5.11 Å². The highest BCUT2D eigenvalue weighted by atomic mass is 16.3. The molecule has 0 spiro atoms. The lowest BCUT2D eigenvalue weighted by atomic mass is 9.67. The lowest BCUT2D eigenvalue weighted by Crippen LogP contribution is -2.51. The molecule has 0 amide bonds. The molecule has 7 rings (SSSR count). The maximum Gasteiger partial charge on any atom is 0.0876 e. The van der Waals surface area contributed by atoms with E-state index in [1.807, 2.05) is 18.5 Å². The molecule has 5 heterocycles. The molecule has 28 heavy (non-hydrogen) atoms. The summed E-state index contributed by atoms with van der Waals surface area (Å²) in [5.41, 5.74) is 4.41. The minimum atomic E-state index is -0.427. The van der Waals surface area contributed by atoms with E-state index >= 15 is 0 Å². The van der Waals surface area contributed by atoms with Crippen molar-refractivity contribution in [1.82, 2.24) is 19.7 Å². The zero-order valence-electron chi connectivity index (χ0n) is 16.0. The van der Waals surface area contributed by atoms with Crippen LogP contribution in [-0.2, 0) is 13.0 Å². The number of rotatable bonds is 3. The maximum absolute atomic E-state index is 11.3. The van der Waals surface area contributed by atoms with Crippen molar-refractivity contribution in [1.29, 1.82) is 0 Å². The Labute approximate surface area is 165 Å². The van der Waals surface area contributed by atoms with E-state index in [2.05, 4.69) is 38.8 Å². The molecule has 1 aliphatic carbocycles. The number of pyridine rings is 1. The number of aliphatic hydroxyl groups is 1.